The van der Waals surface area contributed by atoms with Crippen LogP contribution in [-0.2, 0) is 21.9 Å². The van der Waals surface area contributed by atoms with Crippen LogP contribution in [0, 0.1) is 27.7 Å². The number of rotatable bonds is 17. The third-order valence-electron chi connectivity index (χ3n) is 10.5. The second-order valence-electron chi connectivity index (χ2n) is 16.9. The Morgan fingerprint density at radius 1 is 0.623 bits per heavy atom. The zero-order chi connectivity index (χ0) is 51.2. The molecule has 368 valence electrons. The number of carboxylic acid groups (broad SMARTS) is 2. The Kier molecular flexibility index (Phi) is 16.7. The van der Waals surface area contributed by atoms with Crippen molar-refractivity contribution < 1.29 is 65.1 Å². The van der Waals surface area contributed by atoms with E-state index >= 15 is 0 Å². The van der Waals surface area contributed by atoms with E-state index in [2.05, 4.69) is 16.5 Å². The Bertz CT molecular complexity index is 2760. The third-order valence-corrected chi connectivity index (χ3v) is 13.1. The summed E-state index contributed by atoms with van der Waals surface area (Å²) < 4.78 is 101. The van der Waals surface area contributed by atoms with Crippen LogP contribution in [0.5, 0.6) is 23.0 Å². The smallest absolute Gasteiger partial charge is 0.416 e. The van der Waals surface area contributed by atoms with Crippen molar-refractivity contribution in [1.29, 1.82) is 0 Å². The first kappa shape index (κ1) is 53.6. The van der Waals surface area contributed by atoms with Crippen LogP contribution in [0.3, 0.4) is 0 Å². The van der Waals surface area contributed by atoms with E-state index in [4.69, 9.17) is 18.9 Å². The zero-order valence-corrected chi connectivity index (χ0v) is 40.9. The molecule has 0 bridgehead atoms. The Balaban J connectivity index is 0.000000258. The van der Waals surface area contributed by atoms with Gasteiger partial charge in [0.25, 0.3) is 0 Å². The number of aliphatic carboxylic acids is 2. The van der Waals surface area contributed by atoms with Crippen molar-refractivity contribution in [3.8, 4) is 44.1 Å². The summed E-state index contributed by atoms with van der Waals surface area (Å²) in [6.07, 6.45) is -6.63. The average molecular weight is 999 g/mol. The van der Waals surface area contributed by atoms with Gasteiger partial charge in [0.15, 0.2) is 11.2 Å². The van der Waals surface area contributed by atoms with E-state index < -0.39 is 52.7 Å². The summed E-state index contributed by atoms with van der Waals surface area (Å²) >= 11 is 2.75. The van der Waals surface area contributed by atoms with Gasteiger partial charge in [0.2, 0.25) is 0 Å². The molecular formula is C51H52F6N2O8S2. The van der Waals surface area contributed by atoms with Crippen LogP contribution >= 0.6 is 22.7 Å². The minimum absolute atomic E-state index is 0.303. The van der Waals surface area contributed by atoms with E-state index in [-0.39, 0.29) is 6.10 Å². The van der Waals surface area contributed by atoms with Gasteiger partial charge in [0, 0.05) is 17.5 Å². The van der Waals surface area contributed by atoms with Crippen molar-refractivity contribution in [1.82, 2.24) is 9.97 Å². The Morgan fingerprint density at radius 2 is 0.986 bits per heavy atom. The summed E-state index contributed by atoms with van der Waals surface area (Å²) in [7, 11) is 0. The van der Waals surface area contributed by atoms with Crippen LogP contribution in [0.15, 0.2) is 97.6 Å². The lowest BCUT2D eigenvalue weighted by molar-refractivity contribution is -0.152. The number of thiazole rings is 2. The predicted octanol–water partition coefficient (Wildman–Crippen LogP) is 14.6. The van der Waals surface area contributed by atoms with E-state index in [1.165, 1.54) is 74.6 Å². The van der Waals surface area contributed by atoms with Gasteiger partial charge in [0.1, 0.15) is 45.2 Å². The monoisotopic (exact) mass is 998 g/mol. The molecule has 2 aromatic heterocycles. The van der Waals surface area contributed by atoms with Gasteiger partial charge in [-0.05, 0) is 134 Å². The topological polar surface area (TPSA) is 137 Å². The second-order valence-corrected chi connectivity index (χ2v) is 19.0. The van der Waals surface area contributed by atoms with Gasteiger partial charge in [-0.15, -0.1) is 29.3 Å². The summed E-state index contributed by atoms with van der Waals surface area (Å²) in [6, 6.07) is 20.2. The Hall–Kier alpha value is -6.40. The first-order valence-corrected chi connectivity index (χ1v) is 23.1. The Morgan fingerprint density at radius 3 is 1.30 bits per heavy atom. The number of aromatic nitrogens is 2. The van der Waals surface area contributed by atoms with E-state index in [0.717, 1.165) is 51.0 Å². The summed E-state index contributed by atoms with van der Waals surface area (Å²) in [6.45, 7) is 19.0. The van der Waals surface area contributed by atoms with Crippen molar-refractivity contribution in [3.63, 3.8) is 0 Å². The number of halogens is 6. The van der Waals surface area contributed by atoms with Gasteiger partial charge < -0.3 is 29.2 Å². The quantitative estimate of drug-likeness (QED) is 0.0671. The molecule has 0 spiro atoms. The average Bonchev–Trinajstić information content (AvgIpc) is 3.86. The van der Waals surface area contributed by atoms with E-state index in [9.17, 15) is 46.1 Å². The predicted molar refractivity (Wildman–Crippen MR) is 253 cm³/mol. The molecule has 10 nitrogen and oxygen atoms in total. The zero-order valence-electron chi connectivity index (χ0n) is 39.3. The molecule has 0 aliphatic heterocycles. The van der Waals surface area contributed by atoms with Crippen LogP contribution in [0.4, 0.5) is 26.3 Å². The highest BCUT2D eigenvalue weighted by Gasteiger charge is 2.33. The third kappa shape index (κ3) is 13.7. The molecule has 18 heteroatoms. The molecule has 0 aliphatic carbocycles. The molecule has 4 aromatic carbocycles. The van der Waals surface area contributed by atoms with Crippen molar-refractivity contribution >= 4 is 34.6 Å². The molecule has 0 fully saturated rings. The number of alkyl halides is 6. The molecule has 0 amide bonds. The second kappa shape index (κ2) is 21.5. The maximum atomic E-state index is 12.9. The normalized spacial score (nSPS) is 12.9. The van der Waals surface area contributed by atoms with Crippen LogP contribution in [0.1, 0.15) is 103 Å². The molecule has 0 saturated carbocycles. The van der Waals surface area contributed by atoms with Crippen molar-refractivity contribution in [2.24, 2.45) is 0 Å². The number of aryl methyl sites for hydroxylation is 4. The number of hydrogen-bond acceptors (Lipinski definition) is 10. The van der Waals surface area contributed by atoms with Crippen molar-refractivity contribution in [2.45, 2.75) is 111 Å². The molecule has 0 radical (unpaired) electrons. The molecule has 2 atom stereocenters. The van der Waals surface area contributed by atoms with Crippen LogP contribution in [0.25, 0.3) is 21.1 Å². The minimum Gasteiger partial charge on any atom is -0.485 e. The fourth-order valence-corrected chi connectivity index (χ4v) is 8.83. The Labute approximate surface area is 404 Å². The largest absolute Gasteiger partial charge is 0.485 e. The maximum Gasteiger partial charge on any atom is 0.416 e. The number of ether oxygens (including phenoxy) is 4. The van der Waals surface area contributed by atoms with Gasteiger partial charge in [-0.25, -0.2) is 19.6 Å². The first-order chi connectivity index (χ1) is 32.1. The lowest BCUT2D eigenvalue weighted by Gasteiger charge is -2.23. The van der Waals surface area contributed by atoms with Crippen molar-refractivity contribution in [2.75, 3.05) is 0 Å². The lowest BCUT2D eigenvalue weighted by Crippen LogP contribution is -2.38. The van der Waals surface area contributed by atoms with Gasteiger partial charge >= 0.3 is 24.3 Å². The van der Waals surface area contributed by atoms with Crippen LogP contribution in [0.2, 0.25) is 0 Å². The molecule has 6 rings (SSSR count). The summed E-state index contributed by atoms with van der Waals surface area (Å²) in [5.74, 6) is -0.113. The highest BCUT2D eigenvalue weighted by molar-refractivity contribution is 7.15. The van der Waals surface area contributed by atoms with E-state index in [1.807, 2.05) is 27.7 Å². The van der Waals surface area contributed by atoms with Gasteiger partial charge in [0.05, 0.1) is 32.3 Å². The minimum atomic E-state index is -4.40. The maximum absolute atomic E-state index is 12.9. The number of hydrogen-bond donors (Lipinski definition) is 2. The van der Waals surface area contributed by atoms with Crippen molar-refractivity contribution in [3.05, 3.63) is 141 Å². The molecule has 2 heterocycles. The standard InChI is InChI=1S/C26H26F3NO4S.C25H26F3NO4S/c1-6-7-21(33-19-12-13-20(15(2)14-19)34-25(4,5)24(31)32)22-16(3)30-23(35-22)17-8-10-18(11-9-17)26(27,28)29;1-6-19(32-18-11-12-20(14(2)13-18)33-24(4,5)23(30)31)21-15(3)29-22(34-21)16-7-9-17(10-8-16)25(26,27)28/h6,8-14,21H,1,7H2,2-5H3,(H,31,32);7-13,19H,6H2,1-5H3,(H,30,31). The van der Waals surface area contributed by atoms with Crippen LogP contribution in [-0.4, -0.2) is 43.3 Å². The molecular weight excluding hydrogens is 947 g/mol. The number of carbonyl (C=O) groups is 2. The van der Waals surface area contributed by atoms with E-state index in [0.29, 0.717) is 62.5 Å². The highest BCUT2D eigenvalue weighted by atomic mass is 32.1. The number of benzene rings is 4. The molecule has 0 aliphatic rings. The number of nitrogens with zero attached hydrogens (tertiary/aromatic N) is 2. The first-order valence-electron chi connectivity index (χ1n) is 21.4. The molecule has 0 saturated heterocycles. The van der Waals surface area contributed by atoms with Gasteiger partial charge in [-0.3, -0.25) is 0 Å². The summed E-state index contributed by atoms with van der Waals surface area (Å²) in [5, 5.41) is 19.8. The summed E-state index contributed by atoms with van der Waals surface area (Å²) in [4.78, 5) is 33.5. The molecule has 2 N–H and O–H groups in total. The lowest BCUT2D eigenvalue weighted by atomic mass is 10.1. The van der Waals surface area contributed by atoms with Gasteiger partial charge in [-0.2, -0.15) is 26.3 Å². The molecule has 2 unspecified atom stereocenters. The fourth-order valence-electron chi connectivity index (χ4n) is 6.53. The van der Waals surface area contributed by atoms with E-state index in [1.54, 1.807) is 49.4 Å². The summed E-state index contributed by atoms with van der Waals surface area (Å²) in [5.41, 5.74) is -0.0440. The highest BCUT2D eigenvalue weighted by Crippen LogP contribution is 2.40. The van der Waals surface area contributed by atoms with Gasteiger partial charge in [-0.1, -0.05) is 37.3 Å². The molecule has 6 aromatic rings. The number of carboxylic acids is 2. The SMILES string of the molecule is C=CCC(Oc1ccc(OC(C)(C)C(=O)O)c(C)c1)c1sc(-c2ccc(C(F)(F)F)cc2)nc1C.CCC(Oc1ccc(OC(C)(C)C(=O)O)c(C)c1)c1sc(-c2ccc(C(F)(F)F)cc2)nc1C. The van der Waals surface area contributed by atoms with Crippen LogP contribution < -0.4 is 18.9 Å². The molecule has 69 heavy (non-hydrogen) atoms. The fraction of sp³-hybridized carbons (Fsp3) is 0.333.